The number of imidazole rings is 1. The number of benzene rings is 2. The van der Waals surface area contributed by atoms with Crippen LogP contribution in [0.15, 0.2) is 39.3 Å². The third-order valence-electron chi connectivity index (χ3n) is 3.05. The molecule has 0 spiro atoms. The number of hydrogen-bond donors (Lipinski definition) is 0. The lowest BCUT2D eigenvalue weighted by molar-refractivity contribution is 0.619. The number of halogens is 5. The van der Waals surface area contributed by atoms with Gasteiger partial charge in [-0.15, -0.1) is 11.6 Å². The molecule has 0 aliphatic carbocycles. The summed E-state index contributed by atoms with van der Waals surface area (Å²) in [5.74, 6) is -0.174. The molecule has 2 aromatic carbocycles. The lowest BCUT2D eigenvalue weighted by Crippen LogP contribution is -2.00. The lowest BCUT2D eigenvalue weighted by atomic mass is 10.2. The Morgan fingerprint density at radius 2 is 1.76 bits per heavy atom. The molecule has 3 rings (SSSR count). The first-order chi connectivity index (χ1) is 10.0. The van der Waals surface area contributed by atoms with Crippen molar-refractivity contribution in [1.29, 1.82) is 0 Å². The Labute approximate surface area is 141 Å². The van der Waals surface area contributed by atoms with Gasteiger partial charge in [0.15, 0.2) is 0 Å². The van der Waals surface area contributed by atoms with Gasteiger partial charge < -0.3 is 0 Å². The zero-order valence-corrected chi connectivity index (χ0v) is 14.3. The van der Waals surface area contributed by atoms with E-state index >= 15 is 0 Å². The van der Waals surface area contributed by atoms with Crippen molar-refractivity contribution >= 4 is 54.5 Å². The molecule has 0 aliphatic rings. The Hall–Kier alpha value is -0.980. The maximum Gasteiger partial charge on any atom is 0.139 e. The third kappa shape index (κ3) is 2.60. The van der Waals surface area contributed by atoms with Crippen LogP contribution in [0.2, 0.25) is 0 Å². The van der Waals surface area contributed by atoms with E-state index in [1.807, 2.05) is 0 Å². The van der Waals surface area contributed by atoms with Gasteiger partial charge in [0.05, 0.1) is 31.5 Å². The third-order valence-corrected chi connectivity index (χ3v) is 4.54. The van der Waals surface area contributed by atoms with Crippen LogP contribution >= 0.6 is 43.5 Å². The summed E-state index contributed by atoms with van der Waals surface area (Å²) in [6.07, 6.45) is 0. The van der Waals surface area contributed by atoms with Crippen LogP contribution in [0.5, 0.6) is 0 Å². The van der Waals surface area contributed by atoms with E-state index < -0.39 is 11.6 Å². The molecule has 2 nitrogen and oxygen atoms in total. The first kappa shape index (κ1) is 14.9. The summed E-state index contributed by atoms with van der Waals surface area (Å²) in [5, 5.41) is 0. The number of fused-ring (bicyclic) bond motifs is 1. The number of alkyl halides is 1. The maximum atomic E-state index is 13.8. The molecule has 3 aromatic rings. The number of rotatable bonds is 2. The van der Waals surface area contributed by atoms with Gasteiger partial charge in [0, 0.05) is 6.07 Å². The number of nitrogens with zero attached hydrogens (tertiary/aromatic N) is 2. The van der Waals surface area contributed by atoms with E-state index in [0.717, 1.165) is 0 Å². The van der Waals surface area contributed by atoms with Crippen LogP contribution < -0.4 is 0 Å². The van der Waals surface area contributed by atoms with Gasteiger partial charge in [0.1, 0.15) is 17.5 Å². The zero-order chi connectivity index (χ0) is 15.1. The first-order valence-electron chi connectivity index (χ1n) is 5.89. The molecule has 0 saturated heterocycles. The van der Waals surface area contributed by atoms with E-state index in [-0.39, 0.29) is 5.88 Å². The predicted octanol–water partition coefficient (Wildman–Crippen LogP) is 5.57. The molecule has 0 saturated carbocycles. The van der Waals surface area contributed by atoms with Crippen LogP contribution in [-0.4, -0.2) is 9.55 Å². The van der Waals surface area contributed by atoms with Crippen LogP contribution in [0.3, 0.4) is 0 Å². The van der Waals surface area contributed by atoms with E-state index in [2.05, 4.69) is 36.8 Å². The second kappa shape index (κ2) is 5.66. The largest absolute Gasteiger partial charge is 0.295 e. The van der Waals surface area contributed by atoms with Gasteiger partial charge >= 0.3 is 0 Å². The molecule has 0 radical (unpaired) electrons. The average Bonchev–Trinajstić information content (AvgIpc) is 2.80. The summed E-state index contributed by atoms with van der Waals surface area (Å²) in [6, 6.07) is 7.57. The molecular formula is C14H7Br2ClF2N2. The van der Waals surface area contributed by atoms with Crippen molar-refractivity contribution < 1.29 is 8.78 Å². The molecule has 7 heteroatoms. The van der Waals surface area contributed by atoms with Gasteiger partial charge in [-0.3, -0.25) is 4.57 Å². The van der Waals surface area contributed by atoms with E-state index in [1.165, 1.54) is 12.1 Å². The standard InChI is InChI=1S/C14H7Br2ClF2N2/c15-8-2-1-7(3-10(8)18)21-13-5-11(19)9(16)4-12(13)20-14(21)6-17/h1-5H,6H2. The van der Waals surface area contributed by atoms with Gasteiger partial charge in [-0.2, -0.15) is 0 Å². The summed E-state index contributed by atoms with van der Waals surface area (Å²) < 4.78 is 29.9. The molecule has 0 atom stereocenters. The van der Waals surface area contributed by atoms with Crippen LogP contribution in [0.25, 0.3) is 16.7 Å². The molecule has 0 fully saturated rings. The number of hydrogen-bond acceptors (Lipinski definition) is 1. The minimum absolute atomic E-state index is 0.131. The molecule has 21 heavy (non-hydrogen) atoms. The van der Waals surface area contributed by atoms with Crippen molar-refractivity contribution in [3.8, 4) is 5.69 Å². The van der Waals surface area contributed by atoms with Crippen molar-refractivity contribution in [2.75, 3.05) is 0 Å². The van der Waals surface area contributed by atoms with Crippen molar-refractivity contribution in [2.45, 2.75) is 5.88 Å². The highest BCUT2D eigenvalue weighted by molar-refractivity contribution is 9.10. The second-order valence-corrected chi connectivity index (χ2v) is 6.33. The molecule has 1 heterocycles. The smallest absolute Gasteiger partial charge is 0.139 e. The van der Waals surface area contributed by atoms with Crippen LogP contribution in [0.1, 0.15) is 5.82 Å². The van der Waals surface area contributed by atoms with Crippen molar-refractivity contribution in [3.63, 3.8) is 0 Å². The van der Waals surface area contributed by atoms with Crippen molar-refractivity contribution in [1.82, 2.24) is 9.55 Å². The highest BCUT2D eigenvalue weighted by Gasteiger charge is 2.15. The van der Waals surface area contributed by atoms with Gasteiger partial charge in [-0.25, -0.2) is 13.8 Å². The first-order valence-corrected chi connectivity index (χ1v) is 8.01. The predicted molar refractivity (Wildman–Crippen MR) is 85.9 cm³/mol. The van der Waals surface area contributed by atoms with Crippen molar-refractivity contribution in [3.05, 3.63) is 56.7 Å². The molecular weight excluding hydrogens is 429 g/mol. The Morgan fingerprint density at radius 3 is 2.43 bits per heavy atom. The summed E-state index contributed by atoms with van der Waals surface area (Å²) >= 11 is 12.1. The Kier molecular flexibility index (Phi) is 4.03. The maximum absolute atomic E-state index is 13.8. The van der Waals surface area contributed by atoms with Gasteiger partial charge in [0.25, 0.3) is 0 Å². The van der Waals surface area contributed by atoms with E-state index in [0.29, 0.717) is 31.5 Å². The number of aromatic nitrogens is 2. The fourth-order valence-electron chi connectivity index (χ4n) is 2.12. The van der Waals surface area contributed by atoms with Gasteiger partial charge in [-0.05, 0) is 56.1 Å². The monoisotopic (exact) mass is 434 g/mol. The summed E-state index contributed by atoms with van der Waals surface area (Å²) in [7, 11) is 0. The molecule has 0 N–H and O–H groups in total. The fraction of sp³-hybridized carbons (Fsp3) is 0.0714. The highest BCUT2D eigenvalue weighted by Crippen LogP contribution is 2.28. The van der Waals surface area contributed by atoms with E-state index in [4.69, 9.17) is 11.6 Å². The van der Waals surface area contributed by atoms with Gasteiger partial charge in [0.2, 0.25) is 0 Å². The zero-order valence-electron chi connectivity index (χ0n) is 10.4. The molecule has 0 bridgehead atoms. The quantitative estimate of drug-likeness (QED) is 0.481. The van der Waals surface area contributed by atoms with E-state index in [1.54, 1.807) is 22.8 Å². The lowest BCUT2D eigenvalue weighted by Gasteiger charge is -2.09. The summed E-state index contributed by atoms with van der Waals surface area (Å²) in [6.45, 7) is 0. The topological polar surface area (TPSA) is 17.8 Å². The molecule has 0 aliphatic heterocycles. The Morgan fingerprint density at radius 1 is 1.05 bits per heavy atom. The fourth-order valence-corrected chi connectivity index (χ4v) is 2.88. The highest BCUT2D eigenvalue weighted by atomic mass is 79.9. The molecule has 0 amide bonds. The summed E-state index contributed by atoms with van der Waals surface area (Å²) in [4.78, 5) is 4.36. The van der Waals surface area contributed by atoms with E-state index in [9.17, 15) is 8.78 Å². The molecule has 1 aromatic heterocycles. The SMILES string of the molecule is Fc1cc(-n2c(CCl)nc3cc(Br)c(F)cc32)ccc1Br. The molecule has 0 unspecified atom stereocenters. The minimum Gasteiger partial charge on any atom is -0.295 e. The second-order valence-electron chi connectivity index (χ2n) is 4.35. The van der Waals surface area contributed by atoms with Crippen LogP contribution in [0.4, 0.5) is 8.78 Å². The minimum atomic E-state index is -0.414. The summed E-state index contributed by atoms with van der Waals surface area (Å²) in [5.41, 5.74) is 1.66. The Bertz CT molecular complexity index is 849. The normalized spacial score (nSPS) is 11.3. The average molecular weight is 436 g/mol. The van der Waals surface area contributed by atoms with Crippen molar-refractivity contribution in [2.24, 2.45) is 0 Å². The van der Waals surface area contributed by atoms with Gasteiger partial charge in [-0.1, -0.05) is 0 Å². The van der Waals surface area contributed by atoms with Crippen LogP contribution in [-0.2, 0) is 5.88 Å². The van der Waals surface area contributed by atoms with Crippen LogP contribution in [0, 0.1) is 11.6 Å². The Balaban J connectivity index is 2.34. The molecule has 108 valence electrons.